The van der Waals surface area contributed by atoms with Gasteiger partial charge in [0.25, 0.3) is 0 Å². The molecule has 1 N–H and O–H groups in total. The van der Waals surface area contributed by atoms with E-state index < -0.39 is 0 Å². The van der Waals surface area contributed by atoms with Gasteiger partial charge in [0.2, 0.25) is 0 Å². The summed E-state index contributed by atoms with van der Waals surface area (Å²) in [5.74, 6) is 1.94. The Morgan fingerprint density at radius 3 is 2.75 bits per heavy atom. The lowest BCUT2D eigenvalue weighted by Crippen LogP contribution is -2.10. The molecule has 0 saturated heterocycles. The van der Waals surface area contributed by atoms with Gasteiger partial charge in [-0.2, -0.15) is 11.8 Å². The number of halogens is 1. The summed E-state index contributed by atoms with van der Waals surface area (Å²) in [6, 6.07) is 0. The second-order valence-electron chi connectivity index (χ2n) is 1.47. The first-order valence-corrected chi connectivity index (χ1v) is 4.90. The lowest BCUT2D eigenvalue weighted by Gasteiger charge is -2.02. The minimum absolute atomic E-state index is 0.167. The number of hydrogen-bond donors (Lipinski definition) is 1. The molecule has 50 valence electrons. The number of hydrogen-bond acceptors (Lipinski definition) is 2. The summed E-state index contributed by atoms with van der Waals surface area (Å²) in [6.07, 6.45) is -0.167. The molecule has 0 aromatic rings. The maximum absolute atomic E-state index is 8.92. The predicted molar refractivity (Wildman–Crippen MR) is 42.8 cm³/mol. The number of aliphatic hydroxyl groups is 1. The van der Waals surface area contributed by atoms with Crippen molar-refractivity contribution in [3.05, 3.63) is 0 Å². The molecule has 0 bridgehead atoms. The molecule has 0 saturated carbocycles. The summed E-state index contributed by atoms with van der Waals surface area (Å²) in [5, 5.41) is 9.62. The maximum Gasteiger partial charge on any atom is 0.0727 e. The van der Waals surface area contributed by atoms with Gasteiger partial charge in [-0.3, -0.25) is 0 Å². The number of alkyl halides is 1. The highest BCUT2D eigenvalue weighted by Crippen LogP contribution is 2.02. The third-order valence-electron chi connectivity index (χ3n) is 0.692. The fourth-order valence-corrected chi connectivity index (χ4v) is 1.46. The van der Waals surface area contributed by atoms with Crippen LogP contribution in [0, 0.1) is 0 Å². The van der Waals surface area contributed by atoms with Gasteiger partial charge in [0.05, 0.1) is 6.10 Å². The van der Waals surface area contributed by atoms with Crippen molar-refractivity contribution in [1.29, 1.82) is 0 Å². The van der Waals surface area contributed by atoms with E-state index in [9.17, 15) is 0 Å². The number of rotatable bonds is 4. The molecular weight excluding hydrogens is 188 g/mol. The van der Waals surface area contributed by atoms with Crippen molar-refractivity contribution in [3.8, 4) is 0 Å². The van der Waals surface area contributed by atoms with E-state index in [1.54, 1.807) is 11.8 Å². The van der Waals surface area contributed by atoms with Gasteiger partial charge in [0, 0.05) is 11.1 Å². The second-order valence-corrected chi connectivity index (χ2v) is 3.43. The Hall–Kier alpha value is 0.790. The van der Waals surface area contributed by atoms with E-state index in [4.69, 9.17) is 5.11 Å². The highest BCUT2D eigenvalue weighted by atomic mass is 79.9. The topological polar surface area (TPSA) is 20.2 Å². The smallest absolute Gasteiger partial charge is 0.0727 e. The van der Waals surface area contributed by atoms with E-state index >= 15 is 0 Å². The molecule has 0 spiro atoms. The minimum atomic E-state index is -0.167. The van der Waals surface area contributed by atoms with E-state index in [1.165, 1.54) is 0 Å². The van der Waals surface area contributed by atoms with Crippen molar-refractivity contribution in [3.63, 3.8) is 0 Å². The van der Waals surface area contributed by atoms with Crippen molar-refractivity contribution in [2.75, 3.05) is 16.8 Å². The van der Waals surface area contributed by atoms with Gasteiger partial charge >= 0.3 is 0 Å². The Morgan fingerprint density at radius 1 is 1.75 bits per heavy atom. The fourth-order valence-electron chi connectivity index (χ4n) is 0.298. The highest BCUT2D eigenvalue weighted by Gasteiger charge is 1.98. The highest BCUT2D eigenvalue weighted by molar-refractivity contribution is 9.09. The quantitative estimate of drug-likeness (QED) is 0.692. The van der Waals surface area contributed by atoms with E-state index in [1.807, 2.05) is 0 Å². The van der Waals surface area contributed by atoms with Crippen LogP contribution in [0.15, 0.2) is 0 Å². The van der Waals surface area contributed by atoms with E-state index in [-0.39, 0.29) is 6.10 Å². The molecule has 0 radical (unpaired) electrons. The summed E-state index contributed by atoms with van der Waals surface area (Å²) in [7, 11) is 0. The molecule has 0 aliphatic carbocycles. The molecule has 0 aromatic heterocycles. The molecular formula is C5H11BrOS. The van der Waals surface area contributed by atoms with Gasteiger partial charge in [-0.1, -0.05) is 22.9 Å². The van der Waals surface area contributed by atoms with E-state index in [0.29, 0.717) is 5.33 Å². The van der Waals surface area contributed by atoms with Gasteiger partial charge < -0.3 is 5.11 Å². The molecule has 0 aromatic carbocycles. The summed E-state index contributed by atoms with van der Waals surface area (Å²) < 4.78 is 0. The number of thioether (sulfide) groups is 1. The van der Waals surface area contributed by atoms with Crippen LogP contribution in [0.1, 0.15) is 6.92 Å². The summed E-state index contributed by atoms with van der Waals surface area (Å²) in [5.41, 5.74) is 0. The zero-order chi connectivity index (χ0) is 6.41. The van der Waals surface area contributed by atoms with Crippen LogP contribution in [0.3, 0.4) is 0 Å². The molecule has 1 unspecified atom stereocenters. The minimum Gasteiger partial charge on any atom is -0.391 e. The van der Waals surface area contributed by atoms with Gasteiger partial charge in [-0.15, -0.1) is 0 Å². The van der Waals surface area contributed by atoms with Crippen LogP contribution in [-0.4, -0.2) is 28.0 Å². The van der Waals surface area contributed by atoms with Crippen molar-refractivity contribution < 1.29 is 5.11 Å². The van der Waals surface area contributed by atoms with E-state index in [0.717, 1.165) is 11.5 Å². The van der Waals surface area contributed by atoms with E-state index in [2.05, 4.69) is 22.9 Å². The average Bonchev–Trinajstić information content (AvgIpc) is 1.83. The summed E-state index contributed by atoms with van der Waals surface area (Å²) >= 11 is 4.94. The van der Waals surface area contributed by atoms with Crippen LogP contribution in [-0.2, 0) is 0 Å². The van der Waals surface area contributed by atoms with Crippen molar-refractivity contribution in [1.82, 2.24) is 0 Å². The summed E-state index contributed by atoms with van der Waals surface area (Å²) in [4.78, 5) is 0. The normalized spacial score (nSPS) is 13.9. The number of aliphatic hydroxyl groups excluding tert-OH is 1. The zero-order valence-corrected chi connectivity index (χ0v) is 7.33. The fraction of sp³-hybridized carbons (Fsp3) is 1.00. The largest absolute Gasteiger partial charge is 0.391 e. The molecule has 0 fully saturated rings. The SMILES string of the molecule is CCSCC(O)CBr. The Balaban J connectivity index is 2.86. The average molecular weight is 199 g/mol. The first-order chi connectivity index (χ1) is 3.81. The van der Waals surface area contributed by atoms with Gasteiger partial charge in [-0.25, -0.2) is 0 Å². The lowest BCUT2D eigenvalue weighted by atomic mass is 10.5. The molecule has 0 aliphatic rings. The Morgan fingerprint density at radius 2 is 2.38 bits per heavy atom. The molecule has 1 nitrogen and oxygen atoms in total. The van der Waals surface area contributed by atoms with Crippen LogP contribution >= 0.6 is 27.7 Å². The molecule has 3 heteroatoms. The second kappa shape index (κ2) is 5.92. The third kappa shape index (κ3) is 4.94. The molecule has 0 amide bonds. The van der Waals surface area contributed by atoms with Crippen LogP contribution in [0.25, 0.3) is 0 Å². The molecule has 8 heavy (non-hydrogen) atoms. The van der Waals surface area contributed by atoms with Crippen molar-refractivity contribution in [2.45, 2.75) is 13.0 Å². The lowest BCUT2D eigenvalue weighted by molar-refractivity contribution is 0.226. The standard InChI is InChI=1S/C5H11BrOS/c1-2-8-4-5(7)3-6/h5,7H,2-4H2,1H3. The van der Waals surface area contributed by atoms with Crippen LogP contribution < -0.4 is 0 Å². The Bertz CT molecular complexity index is 51.7. The van der Waals surface area contributed by atoms with Crippen LogP contribution in [0.4, 0.5) is 0 Å². The zero-order valence-electron chi connectivity index (χ0n) is 4.93. The van der Waals surface area contributed by atoms with Gasteiger partial charge in [-0.05, 0) is 5.75 Å². The van der Waals surface area contributed by atoms with Gasteiger partial charge in [0.1, 0.15) is 0 Å². The monoisotopic (exact) mass is 198 g/mol. The molecule has 0 aliphatic heterocycles. The van der Waals surface area contributed by atoms with Crippen molar-refractivity contribution >= 4 is 27.7 Å². The molecule has 0 rings (SSSR count). The van der Waals surface area contributed by atoms with Crippen LogP contribution in [0.2, 0.25) is 0 Å². The predicted octanol–water partition coefficient (Wildman–Crippen LogP) is 1.50. The van der Waals surface area contributed by atoms with Crippen molar-refractivity contribution in [2.24, 2.45) is 0 Å². The van der Waals surface area contributed by atoms with Gasteiger partial charge in [0.15, 0.2) is 0 Å². The Labute approximate surface area is 63.0 Å². The molecule has 0 heterocycles. The maximum atomic E-state index is 8.92. The third-order valence-corrected chi connectivity index (χ3v) is 2.47. The molecule has 1 atom stereocenters. The first kappa shape index (κ1) is 8.79. The Kier molecular flexibility index (Phi) is 6.50. The summed E-state index contributed by atoms with van der Waals surface area (Å²) in [6.45, 7) is 2.09. The van der Waals surface area contributed by atoms with Crippen LogP contribution in [0.5, 0.6) is 0 Å². The first-order valence-electron chi connectivity index (χ1n) is 2.63.